The molecule has 0 bridgehead atoms. The minimum Gasteiger partial charge on any atom is -0.443 e. The van der Waals surface area contributed by atoms with Crippen LogP contribution in [0.3, 0.4) is 0 Å². The number of primary amides is 1. The van der Waals surface area contributed by atoms with Crippen molar-refractivity contribution >= 4 is 17.8 Å². The van der Waals surface area contributed by atoms with E-state index in [4.69, 9.17) is 10.5 Å². The molecule has 2 N–H and O–H groups in total. The Balaban J connectivity index is 2.71. The van der Waals surface area contributed by atoms with Crippen LogP contribution in [-0.4, -0.2) is 29.1 Å². The van der Waals surface area contributed by atoms with E-state index in [1.165, 1.54) is 4.90 Å². The number of aromatic nitrogens is 1. The monoisotopic (exact) mass is 293 g/mol. The number of ether oxygens (including phenoxy) is 1. The quantitative estimate of drug-likeness (QED) is 0.816. The molecule has 1 aromatic heterocycles. The van der Waals surface area contributed by atoms with Gasteiger partial charge in [0.15, 0.2) is 0 Å². The van der Waals surface area contributed by atoms with Gasteiger partial charge in [-0.1, -0.05) is 6.07 Å². The predicted octanol–water partition coefficient (Wildman–Crippen LogP) is 2.48. The molecule has 0 saturated carbocycles. The summed E-state index contributed by atoms with van der Waals surface area (Å²) in [6.45, 7) is 5.87. The van der Waals surface area contributed by atoms with Crippen molar-refractivity contribution in [1.82, 2.24) is 4.98 Å². The Kier molecular flexibility index (Phi) is 6.14. The molecule has 0 atom stereocenters. The molecule has 0 aliphatic carbocycles. The Hall–Kier alpha value is -2.11. The van der Waals surface area contributed by atoms with Gasteiger partial charge in [-0.05, 0) is 45.7 Å². The summed E-state index contributed by atoms with van der Waals surface area (Å²) in [7, 11) is 0. The Morgan fingerprint density at radius 3 is 2.52 bits per heavy atom. The van der Waals surface area contributed by atoms with Crippen LogP contribution in [0.1, 0.15) is 40.0 Å². The zero-order valence-corrected chi connectivity index (χ0v) is 12.8. The van der Waals surface area contributed by atoms with Gasteiger partial charge in [-0.2, -0.15) is 0 Å². The average molecular weight is 293 g/mol. The van der Waals surface area contributed by atoms with E-state index in [1.54, 1.807) is 18.3 Å². The van der Waals surface area contributed by atoms with Crippen molar-refractivity contribution in [3.05, 3.63) is 24.4 Å². The van der Waals surface area contributed by atoms with E-state index in [1.807, 2.05) is 26.8 Å². The van der Waals surface area contributed by atoms with Crippen LogP contribution in [-0.2, 0) is 9.53 Å². The molecule has 1 heterocycles. The van der Waals surface area contributed by atoms with Crippen molar-refractivity contribution < 1.29 is 14.3 Å². The summed E-state index contributed by atoms with van der Waals surface area (Å²) >= 11 is 0. The van der Waals surface area contributed by atoms with Gasteiger partial charge in [-0.3, -0.25) is 9.69 Å². The van der Waals surface area contributed by atoms with Crippen molar-refractivity contribution in [3.63, 3.8) is 0 Å². The van der Waals surface area contributed by atoms with E-state index in [9.17, 15) is 9.59 Å². The van der Waals surface area contributed by atoms with Gasteiger partial charge in [0, 0.05) is 19.2 Å². The van der Waals surface area contributed by atoms with Gasteiger partial charge >= 0.3 is 6.09 Å². The lowest BCUT2D eigenvalue weighted by atomic mass is 10.2. The molecule has 0 unspecified atom stereocenters. The molecule has 116 valence electrons. The standard InChI is InChI=1S/C15H23N3O3/c1-15(2,3)21-14(20)18(11-7-5-8-12(16)19)13-9-4-6-10-17-13/h4,6,9-10H,5,7-8,11H2,1-3H3,(H2,16,19). The van der Waals surface area contributed by atoms with Gasteiger partial charge in [-0.25, -0.2) is 9.78 Å². The van der Waals surface area contributed by atoms with E-state index < -0.39 is 11.7 Å². The molecule has 6 nitrogen and oxygen atoms in total. The van der Waals surface area contributed by atoms with Gasteiger partial charge in [-0.15, -0.1) is 0 Å². The Morgan fingerprint density at radius 2 is 2.00 bits per heavy atom. The first-order chi connectivity index (χ1) is 9.79. The van der Waals surface area contributed by atoms with E-state index in [0.717, 1.165) is 0 Å². The summed E-state index contributed by atoms with van der Waals surface area (Å²) in [6.07, 6.45) is 2.76. The number of carbonyl (C=O) groups excluding carboxylic acids is 2. The number of carbonyl (C=O) groups is 2. The third kappa shape index (κ3) is 6.74. The zero-order chi connectivity index (χ0) is 15.9. The Morgan fingerprint density at radius 1 is 1.29 bits per heavy atom. The summed E-state index contributed by atoms with van der Waals surface area (Å²) in [4.78, 5) is 28.7. The minimum atomic E-state index is -0.572. The van der Waals surface area contributed by atoms with Gasteiger partial charge in [0.2, 0.25) is 5.91 Å². The number of nitrogens with two attached hydrogens (primary N) is 1. The number of hydrogen-bond donors (Lipinski definition) is 1. The van der Waals surface area contributed by atoms with Crippen molar-refractivity contribution in [2.45, 2.75) is 45.6 Å². The second-order valence-corrected chi connectivity index (χ2v) is 5.74. The molecular weight excluding hydrogens is 270 g/mol. The predicted molar refractivity (Wildman–Crippen MR) is 80.9 cm³/mol. The normalized spacial score (nSPS) is 11.0. The highest BCUT2D eigenvalue weighted by atomic mass is 16.6. The summed E-state index contributed by atoms with van der Waals surface area (Å²) in [5.74, 6) is 0.197. The lowest BCUT2D eigenvalue weighted by Crippen LogP contribution is -2.38. The molecule has 6 heteroatoms. The van der Waals surface area contributed by atoms with E-state index in [0.29, 0.717) is 31.6 Å². The van der Waals surface area contributed by atoms with Gasteiger partial charge in [0.25, 0.3) is 0 Å². The van der Waals surface area contributed by atoms with E-state index >= 15 is 0 Å². The number of pyridine rings is 1. The highest BCUT2D eigenvalue weighted by molar-refractivity contribution is 5.86. The maximum Gasteiger partial charge on any atom is 0.416 e. The van der Waals surface area contributed by atoms with Crippen LogP contribution in [0.5, 0.6) is 0 Å². The number of anilines is 1. The van der Waals surface area contributed by atoms with Crippen molar-refractivity contribution in [3.8, 4) is 0 Å². The molecular formula is C15H23N3O3. The maximum atomic E-state index is 12.3. The minimum absolute atomic E-state index is 0.310. The zero-order valence-electron chi connectivity index (χ0n) is 12.8. The van der Waals surface area contributed by atoms with Crippen LogP contribution >= 0.6 is 0 Å². The molecule has 0 aromatic carbocycles. The highest BCUT2D eigenvalue weighted by Gasteiger charge is 2.23. The lowest BCUT2D eigenvalue weighted by molar-refractivity contribution is -0.118. The van der Waals surface area contributed by atoms with Crippen LogP contribution in [0.4, 0.5) is 10.6 Å². The second kappa shape index (κ2) is 7.61. The smallest absolute Gasteiger partial charge is 0.416 e. The molecule has 1 aromatic rings. The Labute approximate surface area is 125 Å². The van der Waals surface area contributed by atoms with Crippen molar-refractivity contribution in [2.24, 2.45) is 5.73 Å². The van der Waals surface area contributed by atoms with Crippen molar-refractivity contribution in [2.75, 3.05) is 11.4 Å². The van der Waals surface area contributed by atoms with Crippen LogP contribution < -0.4 is 10.6 Å². The summed E-state index contributed by atoms with van der Waals surface area (Å²) in [5.41, 5.74) is 4.53. The van der Waals surface area contributed by atoms with Crippen LogP contribution in [0.2, 0.25) is 0 Å². The Bertz CT molecular complexity index is 469. The third-order valence-electron chi connectivity index (χ3n) is 2.59. The van der Waals surface area contributed by atoms with Gasteiger partial charge < -0.3 is 10.5 Å². The van der Waals surface area contributed by atoms with Crippen LogP contribution in [0.15, 0.2) is 24.4 Å². The summed E-state index contributed by atoms with van der Waals surface area (Å²) in [5, 5.41) is 0. The first-order valence-corrected chi connectivity index (χ1v) is 6.99. The third-order valence-corrected chi connectivity index (χ3v) is 2.59. The molecule has 0 saturated heterocycles. The van der Waals surface area contributed by atoms with E-state index in [2.05, 4.69) is 4.98 Å². The maximum absolute atomic E-state index is 12.3. The summed E-state index contributed by atoms with van der Waals surface area (Å²) in [6, 6.07) is 5.34. The van der Waals surface area contributed by atoms with Gasteiger partial charge in [0.05, 0.1) is 0 Å². The largest absolute Gasteiger partial charge is 0.443 e. The van der Waals surface area contributed by atoms with Crippen molar-refractivity contribution in [1.29, 1.82) is 0 Å². The number of amides is 2. The first-order valence-electron chi connectivity index (χ1n) is 6.99. The number of hydrogen-bond acceptors (Lipinski definition) is 4. The van der Waals surface area contributed by atoms with Crippen LogP contribution in [0.25, 0.3) is 0 Å². The highest BCUT2D eigenvalue weighted by Crippen LogP contribution is 2.16. The molecule has 0 aliphatic rings. The molecule has 0 radical (unpaired) electrons. The molecule has 0 fully saturated rings. The average Bonchev–Trinajstić information content (AvgIpc) is 2.37. The SMILES string of the molecule is CC(C)(C)OC(=O)N(CCCCC(N)=O)c1ccccn1. The fourth-order valence-corrected chi connectivity index (χ4v) is 1.70. The lowest BCUT2D eigenvalue weighted by Gasteiger charge is -2.26. The molecule has 0 spiro atoms. The topological polar surface area (TPSA) is 85.5 Å². The first kappa shape index (κ1) is 16.9. The van der Waals surface area contributed by atoms with Gasteiger partial charge in [0.1, 0.15) is 11.4 Å². The second-order valence-electron chi connectivity index (χ2n) is 5.74. The number of unbranched alkanes of at least 4 members (excludes halogenated alkanes) is 1. The van der Waals surface area contributed by atoms with E-state index in [-0.39, 0.29) is 5.91 Å². The molecule has 2 amide bonds. The fraction of sp³-hybridized carbons (Fsp3) is 0.533. The van der Waals surface area contributed by atoms with Crippen LogP contribution in [0, 0.1) is 0 Å². The molecule has 0 aliphatic heterocycles. The summed E-state index contributed by atoms with van der Waals surface area (Å²) < 4.78 is 5.39. The number of nitrogens with zero attached hydrogens (tertiary/aromatic N) is 2. The number of rotatable bonds is 6. The molecule has 21 heavy (non-hydrogen) atoms. The molecule has 1 rings (SSSR count). The fourth-order valence-electron chi connectivity index (χ4n) is 1.70.